The summed E-state index contributed by atoms with van der Waals surface area (Å²) in [6, 6.07) is 9.17. The van der Waals surface area contributed by atoms with E-state index in [2.05, 4.69) is 65.0 Å². The van der Waals surface area contributed by atoms with Crippen LogP contribution < -0.4 is 0 Å². The molecule has 0 N–H and O–H groups in total. The van der Waals surface area contributed by atoms with Gasteiger partial charge in [0.25, 0.3) is 0 Å². The maximum atomic E-state index is 2.43. The second kappa shape index (κ2) is 5.18. The Bertz CT molecular complexity index is 745. The van der Waals surface area contributed by atoms with Gasteiger partial charge in [0.05, 0.1) is 0 Å². The number of fused-ring (bicyclic) bond motifs is 1. The first-order valence-corrected chi connectivity index (χ1v) is 7.91. The van der Waals surface area contributed by atoms with Crippen molar-refractivity contribution in [2.24, 2.45) is 0 Å². The molecule has 21 heavy (non-hydrogen) atoms. The fourth-order valence-electron chi connectivity index (χ4n) is 3.45. The van der Waals surface area contributed by atoms with Crippen LogP contribution in [-0.4, -0.2) is 0 Å². The van der Waals surface area contributed by atoms with Gasteiger partial charge in [-0.15, -0.1) is 0 Å². The van der Waals surface area contributed by atoms with Gasteiger partial charge >= 0.3 is 0 Å². The van der Waals surface area contributed by atoms with E-state index in [0.29, 0.717) is 0 Å². The molecule has 0 nitrogen and oxygen atoms in total. The van der Waals surface area contributed by atoms with Crippen LogP contribution in [0.2, 0.25) is 0 Å². The molecule has 0 spiro atoms. The number of hydrogen-bond acceptors (Lipinski definition) is 0. The quantitative estimate of drug-likeness (QED) is 0.637. The fraction of sp³-hybridized carbons (Fsp3) is 0.333. The van der Waals surface area contributed by atoms with Gasteiger partial charge in [0, 0.05) is 0 Å². The molecule has 0 saturated carbocycles. The molecule has 0 aliphatic heterocycles. The first-order chi connectivity index (χ1) is 10.0. The molecule has 2 aromatic carbocycles. The lowest BCUT2D eigenvalue weighted by molar-refractivity contribution is 1.03. The molecule has 0 radical (unpaired) electrons. The summed E-state index contributed by atoms with van der Waals surface area (Å²) >= 11 is 0. The maximum Gasteiger partial charge on any atom is -0.00550 e. The second-order valence-corrected chi connectivity index (χ2v) is 6.41. The highest BCUT2D eigenvalue weighted by Gasteiger charge is 2.20. The summed E-state index contributed by atoms with van der Waals surface area (Å²) in [6.07, 6.45) is 4.72. The Morgan fingerprint density at radius 3 is 2.33 bits per heavy atom. The first-order valence-electron chi connectivity index (χ1n) is 7.91. The van der Waals surface area contributed by atoms with E-state index in [-0.39, 0.29) is 0 Å². The third kappa shape index (κ3) is 2.33. The predicted octanol–water partition coefficient (Wildman–Crippen LogP) is 5.94. The lowest BCUT2D eigenvalue weighted by Gasteiger charge is -2.16. The number of benzene rings is 2. The zero-order valence-corrected chi connectivity index (χ0v) is 13.8. The third-order valence-electron chi connectivity index (χ3n) is 4.90. The van der Waals surface area contributed by atoms with E-state index in [4.69, 9.17) is 0 Å². The molecule has 0 fully saturated rings. The van der Waals surface area contributed by atoms with Crippen LogP contribution in [0.1, 0.15) is 46.7 Å². The van der Waals surface area contributed by atoms with Crippen molar-refractivity contribution in [3.05, 3.63) is 63.2 Å². The van der Waals surface area contributed by atoms with Crippen molar-refractivity contribution >= 4 is 6.08 Å². The monoisotopic (exact) mass is 276 g/mol. The summed E-state index contributed by atoms with van der Waals surface area (Å²) in [7, 11) is 0. The summed E-state index contributed by atoms with van der Waals surface area (Å²) in [5, 5.41) is 0. The van der Waals surface area contributed by atoms with Gasteiger partial charge in [0.2, 0.25) is 0 Å². The van der Waals surface area contributed by atoms with Crippen LogP contribution in [0.3, 0.4) is 0 Å². The molecule has 0 bridgehead atoms. The standard InChI is InChI=1S/C21H24/c1-6-17-11-19-16(5)14(3)10-20(21(19)12-17)18-8-7-13(2)9-15(18)4/h7-10,12H,6,11H2,1-5H3. The Hall–Kier alpha value is -1.82. The van der Waals surface area contributed by atoms with E-state index < -0.39 is 0 Å². The SMILES string of the molecule is CCC1=Cc2c(-c3ccc(C)cc3C)cc(C)c(C)c2C1. The van der Waals surface area contributed by atoms with Gasteiger partial charge in [-0.1, -0.05) is 48.4 Å². The van der Waals surface area contributed by atoms with Crippen LogP contribution in [-0.2, 0) is 6.42 Å². The number of hydrogen-bond donors (Lipinski definition) is 0. The van der Waals surface area contributed by atoms with Gasteiger partial charge < -0.3 is 0 Å². The average molecular weight is 276 g/mol. The van der Waals surface area contributed by atoms with Gasteiger partial charge in [-0.3, -0.25) is 0 Å². The van der Waals surface area contributed by atoms with E-state index in [1.807, 2.05) is 0 Å². The van der Waals surface area contributed by atoms with Crippen molar-refractivity contribution in [2.75, 3.05) is 0 Å². The molecule has 1 aliphatic rings. The van der Waals surface area contributed by atoms with Crippen LogP contribution in [0, 0.1) is 27.7 Å². The molecule has 3 rings (SSSR count). The van der Waals surface area contributed by atoms with Crippen LogP contribution in [0.25, 0.3) is 17.2 Å². The van der Waals surface area contributed by atoms with Crippen LogP contribution in [0.5, 0.6) is 0 Å². The minimum absolute atomic E-state index is 1.14. The largest absolute Gasteiger partial charge is 0.0654 e. The van der Waals surface area contributed by atoms with E-state index in [9.17, 15) is 0 Å². The van der Waals surface area contributed by atoms with E-state index in [0.717, 1.165) is 12.8 Å². The lowest BCUT2D eigenvalue weighted by atomic mass is 9.89. The molecule has 0 unspecified atom stereocenters. The Labute approximate surface area is 128 Å². The molecule has 0 amide bonds. The van der Waals surface area contributed by atoms with Crippen molar-refractivity contribution in [3.63, 3.8) is 0 Å². The fourth-order valence-corrected chi connectivity index (χ4v) is 3.45. The number of rotatable bonds is 2. The van der Waals surface area contributed by atoms with Gasteiger partial charge in [-0.25, -0.2) is 0 Å². The third-order valence-corrected chi connectivity index (χ3v) is 4.90. The van der Waals surface area contributed by atoms with Crippen molar-refractivity contribution in [1.29, 1.82) is 0 Å². The summed E-state index contributed by atoms with van der Waals surface area (Å²) < 4.78 is 0. The summed E-state index contributed by atoms with van der Waals surface area (Å²) in [6.45, 7) is 11.2. The second-order valence-electron chi connectivity index (χ2n) is 6.41. The Balaban J connectivity index is 2.26. The summed E-state index contributed by atoms with van der Waals surface area (Å²) in [5.41, 5.74) is 12.9. The zero-order valence-electron chi connectivity index (χ0n) is 13.8. The van der Waals surface area contributed by atoms with Crippen molar-refractivity contribution in [2.45, 2.75) is 47.5 Å². The molecule has 0 atom stereocenters. The molecule has 0 aromatic heterocycles. The molecular formula is C21H24. The van der Waals surface area contributed by atoms with Gasteiger partial charge in [0.1, 0.15) is 0 Å². The molecule has 0 heteroatoms. The number of aryl methyl sites for hydroxylation is 3. The Morgan fingerprint density at radius 2 is 1.67 bits per heavy atom. The maximum absolute atomic E-state index is 2.43. The number of allylic oxidation sites excluding steroid dienone is 1. The minimum atomic E-state index is 1.14. The molecule has 0 saturated heterocycles. The van der Waals surface area contributed by atoms with Crippen molar-refractivity contribution in [1.82, 2.24) is 0 Å². The lowest BCUT2D eigenvalue weighted by Crippen LogP contribution is -1.97. The highest BCUT2D eigenvalue weighted by atomic mass is 14.2. The first kappa shape index (κ1) is 14.1. The predicted molar refractivity (Wildman–Crippen MR) is 92.8 cm³/mol. The molecule has 2 aromatic rings. The van der Waals surface area contributed by atoms with Crippen LogP contribution >= 0.6 is 0 Å². The Morgan fingerprint density at radius 1 is 0.905 bits per heavy atom. The molecular weight excluding hydrogens is 252 g/mol. The minimum Gasteiger partial charge on any atom is -0.0654 e. The summed E-state index contributed by atoms with van der Waals surface area (Å²) in [4.78, 5) is 0. The van der Waals surface area contributed by atoms with Crippen molar-refractivity contribution in [3.8, 4) is 11.1 Å². The van der Waals surface area contributed by atoms with Crippen LogP contribution in [0.15, 0.2) is 29.8 Å². The van der Waals surface area contributed by atoms with E-state index >= 15 is 0 Å². The zero-order chi connectivity index (χ0) is 15.1. The molecule has 1 aliphatic carbocycles. The average Bonchev–Trinajstić information content (AvgIpc) is 2.88. The normalized spacial score (nSPS) is 13.3. The van der Waals surface area contributed by atoms with Gasteiger partial charge in [-0.2, -0.15) is 0 Å². The topological polar surface area (TPSA) is 0 Å². The van der Waals surface area contributed by atoms with Gasteiger partial charge in [-0.05, 0) is 79.5 Å². The molecule has 108 valence electrons. The highest BCUT2D eigenvalue weighted by Crippen LogP contribution is 2.39. The highest BCUT2D eigenvalue weighted by molar-refractivity contribution is 5.84. The van der Waals surface area contributed by atoms with Crippen LogP contribution in [0.4, 0.5) is 0 Å². The Kier molecular flexibility index (Phi) is 3.49. The van der Waals surface area contributed by atoms with Gasteiger partial charge in [0.15, 0.2) is 0 Å². The van der Waals surface area contributed by atoms with E-state index in [1.165, 1.54) is 38.9 Å². The van der Waals surface area contributed by atoms with E-state index in [1.54, 1.807) is 11.1 Å². The smallest absolute Gasteiger partial charge is 0.00550 e. The molecule has 0 heterocycles. The summed E-state index contributed by atoms with van der Waals surface area (Å²) in [5.74, 6) is 0. The van der Waals surface area contributed by atoms with Crippen molar-refractivity contribution < 1.29 is 0 Å².